The fourth-order valence-corrected chi connectivity index (χ4v) is 9.15. The third-order valence-electron chi connectivity index (χ3n) is 14.2. The van der Waals surface area contributed by atoms with Gasteiger partial charge in [0.25, 0.3) is 0 Å². The summed E-state index contributed by atoms with van der Waals surface area (Å²) in [7, 11) is 0. The first-order valence-corrected chi connectivity index (χ1v) is 33.5. The number of allylic oxidation sites excluding steroid dienone is 20. The van der Waals surface area contributed by atoms with Crippen molar-refractivity contribution in [2.45, 2.75) is 316 Å². The summed E-state index contributed by atoms with van der Waals surface area (Å²) in [5, 5.41) is 0. The van der Waals surface area contributed by atoms with Gasteiger partial charge < -0.3 is 14.2 Å². The van der Waals surface area contributed by atoms with Crippen LogP contribution in [-0.2, 0) is 28.6 Å². The number of rotatable bonds is 60. The van der Waals surface area contributed by atoms with Gasteiger partial charge in [0.05, 0.1) is 0 Å². The van der Waals surface area contributed by atoms with Crippen LogP contribution >= 0.6 is 0 Å². The van der Waals surface area contributed by atoms with Crippen molar-refractivity contribution >= 4 is 17.9 Å². The van der Waals surface area contributed by atoms with Crippen molar-refractivity contribution in [1.29, 1.82) is 0 Å². The highest BCUT2D eigenvalue weighted by Crippen LogP contribution is 2.15. The molecule has 1 atom stereocenters. The lowest BCUT2D eigenvalue weighted by molar-refractivity contribution is -0.167. The topological polar surface area (TPSA) is 78.9 Å². The van der Waals surface area contributed by atoms with E-state index in [-0.39, 0.29) is 31.1 Å². The number of ether oxygens (including phenoxy) is 3. The van der Waals surface area contributed by atoms with Crippen LogP contribution in [0.2, 0.25) is 0 Å². The summed E-state index contributed by atoms with van der Waals surface area (Å²) >= 11 is 0. The van der Waals surface area contributed by atoms with Gasteiger partial charge in [-0.25, -0.2) is 0 Å². The van der Waals surface area contributed by atoms with E-state index in [9.17, 15) is 14.4 Å². The number of unbranched alkanes of at least 4 members (excludes halogenated alkanes) is 29. The first-order chi connectivity index (χ1) is 39.5. The lowest BCUT2D eigenvalue weighted by atomic mass is 10.1. The van der Waals surface area contributed by atoms with E-state index in [4.69, 9.17) is 14.2 Å². The highest BCUT2D eigenvalue weighted by molar-refractivity contribution is 5.71. The van der Waals surface area contributed by atoms with E-state index in [1.54, 1.807) is 0 Å². The minimum Gasteiger partial charge on any atom is -0.462 e. The van der Waals surface area contributed by atoms with Crippen molar-refractivity contribution in [2.75, 3.05) is 13.2 Å². The van der Waals surface area contributed by atoms with Gasteiger partial charge in [0.1, 0.15) is 13.2 Å². The Bertz CT molecular complexity index is 1650. The normalized spacial score (nSPS) is 12.9. The van der Waals surface area contributed by atoms with Crippen LogP contribution in [0.25, 0.3) is 0 Å². The maximum Gasteiger partial charge on any atom is 0.306 e. The summed E-state index contributed by atoms with van der Waals surface area (Å²) in [6.07, 6.45) is 93.5. The number of esters is 3. The number of carbonyl (C=O) groups excluding carboxylic acids is 3. The summed E-state index contributed by atoms with van der Waals surface area (Å²) in [5.74, 6) is -0.911. The largest absolute Gasteiger partial charge is 0.462 e. The third-order valence-corrected chi connectivity index (χ3v) is 14.2. The van der Waals surface area contributed by atoms with E-state index in [0.29, 0.717) is 19.3 Å². The predicted octanol–water partition coefficient (Wildman–Crippen LogP) is 23.2. The Kier molecular flexibility index (Phi) is 63.8. The summed E-state index contributed by atoms with van der Waals surface area (Å²) in [6.45, 7) is 6.49. The molecular formula is C74H124O6. The minimum absolute atomic E-state index is 0.0900. The molecule has 0 spiro atoms. The zero-order chi connectivity index (χ0) is 57.8. The van der Waals surface area contributed by atoms with Crippen LogP contribution in [0.1, 0.15) is 310 Å². The minimum atomic E-state index is -0.794. The standard InChI is InChI=1S/C74H124O6/c1-4-7-10-13-16-19-22-25-28-30-31-32-33-34-35-36-37-38-39-40-41-42-43-44-47-49-52-55-58-61-64-67-73(76)79-70-71(69-78-72(75)66-63-60-57-54-51-48-45-27-24-21-18-15-12-9-6-3)80-74(77)68-65-62-59-56-53-50-46-29-26-23-20-17-14-11-8-5-2/h7,10,16,18-19,21,25,27-29,31-32,34-35,37-38,40-41,45-46,71H,4-6,8-9,11-15,17,20,22-24,26,30,33,36,39,42-44,47-70H2,1-3H3/b10-7-,19-16-,21-18-,28-25-,32-31-,35-34-,38-37-,41-40-,45-27-,46-29-. The molecule has 0 rings (SSSR count). The molecule has 0 amide bonds. The molecule has 0 aliphatic rings. The Morgan fingerprint density at radius 1 is 0.263 bits per heavy atom. The maximum atomic E-state index is 12.9. The van der Waals surface area contributed by atoms with Gasteiger partial charge in [-0.3, -0.25) is 14.4 Å². The monoisotopic (exact) mass is 1110 g/mol. The van der Waals surface area contributed by atoms with Gasteiger partial charge in [0.15, 0.2) is 6.10 Å². The van der Waals surface area contributed by atoms with Gasteiger partial charge >= 0.3 is 17.9 Å². The average Bonchev–Trinajstić information content (AvgIpc) is 3.46. The molecule has 0 saturated carbocycles. The molecule has 0 aliphatic heterocycles. The highest BCUT2D eigenvalue weighted by Gasteiger charge is 2.19. The Morgan fingerprint density at radius 3 is 0.800 bits per heavy atom. The molecule has 80 heavy (non-hydrogen) atoms. The van der Waals surface area contributed by atoms with Crippen LogP contribution in [0.3, 0.4) is 0 Å². The van der Waals surface area contributed by atoms with Crippen molar-refractivity contribution in [3.8, 4) is 0 Å². The van der Waals surface area contributed by atoms with Gasteiger partial charge in [-0.2, -0.15) is 0 Å². The van der Waals surface area contributed by atoms with Gasteiger partial charge in [-0.1, -0.05) is 277 Å². The SMILES string of the molecule is CC/C=C\C/C=C\C/C=C\C/C=C\C/C=C\C/C=C\C/C=C\CCCCCCCCCCCC(=O)OCC(COC(=O)CCCCCCC/C=C\C/C=C\CCCCC)OC(=O)CCCCCCC/C=C\CCCCCCCCC. The first kappa shape index (κ1) is 75.8. The van der Waals surface area contributed by atoms with E-state index in [0.717, 1.165) is 148 Å². The van der Waals surface area contributed by atoms with Crippen molar-refractivity contribution in [2.24, 2.45) is 0 Å². The van der Waals surface area contributed by atoms with E-state index >= 15 is 0 Å². The summed E-state index contributed by atoms with van der Waals surface area (Å²) < 4.78 is 16.9. The van der Waals surface area contributed by atoms with Crippen molar-refractivity contribution in [3.63, 3.8) is 0 Å². The van der Waals surface area contributed by atoms with E-state index in [1.807, 2.05) is 0 Å². The number of carbonyl (C=O) groups is 3. The van der Waals surface area contributed by atoms with Crippen LogP contribution in [-0.4, -0.2) is 37.2 Å². The Hall–Kier alpha value is -4.19. The second-order valence-electron chi connectivity index (χ2n) is 22.0. The quantitative estimate of drug-likeness (QED) is 0.0261. The van der Waals surface area contributed by atoms with Crippen LogP contribution in [0, 0.1) is 0 Å². The molecule has 6 nitrogen and oxygen atoms in total. The van der Waals surface area contributed by atoms with Crippen molar-refractivity contribution in [1.82, 2.24) is 0 Å². The van der Waals surface area contributed by atoms with Crippen LogP contribution < -0.4 is 0 Å². The Balaban J connectivity index is 4.32. The number of hydrogen-bond donors (Lipinski definition) is 0. The van der Waals surface area contributed by atoms with Crippen molar-refractivity contribution < 1.29 is 28.6 Å². The molecule has 0 fully saturated rings. The molecule has 6 heteroatoms. The van der Waals surface area contributed by atoms with E-state index < -0.39 is 6.10 Å². The van der Waals surface area contributed by atoms with Gasteiger partial charge in [-0.05, 0) is 135 Å². The van der Waals surface area contributed by atoms with E-state index in [1.165, 1.54) is 122 Å². The van der Waals surface area contributed by atoms with E-state index in [2.05, 4.69) is 142 Å². The molecule has 0 N–H and O–H groups in total. The van der Waals surface area contributed by atoms with Gasteiger partial charge in [-0.15, -0.1) is 0 Å². The Morgan fingerprint density at radius 2 is 0.487 bits per heavy atom. The van der Waals surface area contributed by atoms with Crippen molar-refractivity contribution in [3.05, 3.63) is 122 Å². The molecule has 0 aromatic carbocycles. The smallest absolute Gasteiger partial charge is 0.306 e. The fourth-order valence-electron chi connectivity index (χ4n) is 9.15. The average molecular weight is 1110 g/mol. The molecule has 0 aliphatic carbocycles. The van der Waals surface area contributed by atoms with Gasteiger partial charge in [0.2, 0.25) is 0 Å². The lowest BCUT2D eigenvalue weighted by Gasteiger charge is -2.18. The molecule has 0 saturated heterocycles. The second-order valence-corrected chi connectivity index (χ2v) is 22.0. The first-order valence-electron chi connectivity index (χ1n) is 33.5. The lowest BCUT2D eigenvalue weighted by Crippen LogP contribution is -2.30. The maximum absolute atomic E-state index is 12.9. The molecule has 0 heterocycles. The molecule has 0 radical (unpaired) electrons. The third kappa shape index (κ3) is 64.6. The molecule has 456 valence electrons. The summed E-state index contributed by atoms with van der Waals surface area (Å²) in [5.41, 5.74) is 0. The molecule has 0 aromatic rings. The molecule has 0 aromatic heterocycles. The summed E-state index contributed by atoms with van der Waals surface area (Å²) in [6, 6.07) is 0. The molecule has 1 unspecified atom stereocenters. The van der Waals surface area contributed by atoms with Crippen LogP contribution in [0.5, 0.6) is 0 Å². The van der Waals surface area contributed by atoms with Crippen LogP contribution in [0.15, 0.2) is 122 Å². The summed E-state index contributed by atoms with van der Waals surface area (Å²) in [4.78, 5) is 38.3. The zero-order valence-electron chi connectivity index (χ0n) is 52.3. The fraction of sp³-hybridized carbons (Fsp3) is 0.689. The highest BCUT2D eigenvalue weighted by atomic mass is 16.6. The zero-order valence-corrected chi connectivity index (χ0v) is 52.3. The molecular weight excluding hydrogens is 985 g/mol. The second kappa shape index (κ2) is 67.3. The molecule has 0 bridgehead atoms. The van der Waals surface area contributed by atoms with Gasteiger partial charge in [0, 0.05) is 19.3 Å². The Labute approximate surface area is 494 Å². The predicted molar refractivity (Wildman–Crippen MR) is 348 cm³/mol. The number of hydrogen-bond acceptors (Lipinski definition) is 6. The van der Waals surface area contributed by atoms with Crippen LogP contribution in [0.4, 0.5) is 0 Å².